The number of amides is 1. The van der Waals surface area contributed by atoms with Crippen molar-refractivity contribution in [3.63, 3.8) is 0 Å². The van der Waals surface area contributed by atoms with Gasteiger partial charge in [-0.25, -0.2) is 0 Å². The van der Waals surface area contributed by atoms with Gasteiger partial charge in [-0.05, 0) is 41.5 Å². The fourth-order valence-corrected chi connectivity index (χ4v) is 2.74. The van der Waals surface area contributed by atoms with Crippen LogP contribution in [0.3, 0.4) is 0 Å². The molecule has 0 radical (unpaired) electrons. The van der Waals surface area contributed by atoms with Gasteiger partial charge < -0.3 is 15.2 Å². The number of ether oxygens (including phenoxy) is 1. The van der Waals surface area contributed by atoms with Crippen LogP contribution in [0, 0.1) is 0 Å². The lowest BCUT2D eigenvalue weighted by molar-refractivity contribution is -0.117. The molecule has 0 aliphatic rings. The van der Waals surface area contributed by atoms with E-state index in [0.29, 0.717) is 5.75 Å². The van der Waals surface area contributed by atoms with E-state index < -0.39 is 5.60 Å². The Balaban J connectivity index is 1.94. The van der Waals surface area contributed by atoms with Crippen molar-refractivity contribution in [2.75, 3.05) is 13.7 Å². The summed E-state index contributed by atoms with van der Waals surface area (Å²) in [5, 5.41) is 16.8. The third kappa shape index (κ3) is 4.19. The Morgan fingerprint density at radius 3 is 2.86 bits per heavy atom. The normalized spacial score (nSPS) is 13.8. The molecule has 5 heteroatoms. The van der Waals surface area contributed by atoms with Crippen LogP contribution in [0.4, 0.5) is 0 Å². The van der Waals surface area contributed by atoms with Crippen molar-refractivity contribution < 1.29 is 14.6 Å². The highest BCUT2D eigenvalue weighted by atomic mass is 32.1. The molecule has 4 nitrogen and oxygen atoms in total. The second-order valence-corrected chi connectivity index (χ2v) is 5.86. The monoisotopic (exact) mass is 317 g/mol. The maximum Gasteiger partial charge on any atom is 0.244 e. The molecule has 0 saturated carbocycles. The fraction of sp³-hybridized carbons (Fsp3) is 0.235. The number of para-hydroxylation sites is 1. The molecule has 1 aromatic carbocycles. The fourth-order valence-electron chi connectivity index (χ4n) is 1.96. The lowest BCUT2D eigenvalue weighted by Gasteiger charge is -2.22. The minimum Gasteiger partial charge on any atom is -0.496 e. The number of rotatable bonds is 6. The van der Waals surface area contributed by atoms with Gasteiger partial charge in [0.05, 0.1) is 13.7 Å². The number of carbonyl (C=O) groups is 1. The van der Waals surface area contributed by atoms with Crippen molar-refractivity contribution >= 4 is 23.3 Å². The Labute approximate surface area is 134 Å². The smallest absolute Gasteiger partial charge is 0.244 e. The molecule has 1 amide bonds. The Morgan fingerprint density at radius 1 is 1.41 bits per heavy atom. The molecule has 0 aliphatic carbocycles. The molecule has 116 valence electrons. The second kappa shape index (κ2) is 7.24. The Kier molecular flexibility index (Phi) is 5.35. The third-order valence-corrected chi connectivity index (χ3v) is 3.99. The first kappa shape index (κ1) is 16.3. The van der Waals surface area contributed by atoms with Crippen LogP contribution in [0.1, 0.15) is 18.1 Å². The molecular formula is C17H19NO3S. The average Bonchev–Trinajstić information content (AvgIpc) is 3.06. The van der Waals surface area contributed by atoms with Gasteiger partial charge in [-0.2, -0.15) is 11.3 Å². The summed E-state index contributed by atoms with van der Waals surface area (Å²) in [4.78, 5) is 11.9. The Morgan fingerprint density at radius 2 is 2.18 bits per heavy atom. The summed E-state index contributed by atoms with van der Waals surface area (Å²) in [5.41, 5.74) is 0.546. The Hall–Kier alpha value is -2.11. The number of aliphatic hydroxyl groups is 1. The predicted molar refractivity (Wildman–Crippen MR) is 88.9 cm³/mol. The van der Waals surface area contributed by atoms with Gasteiger partial charge in [0.1, 0.15) is 11.4 Å². The maximum atomic E-state index is 11.9. The van der Waals surface area contributed by atoms with E-state index in [9.17, 15) is 9.90 Å². The highest BCUT2D eigenvalue weighted by Crippen LogP contribution is 2.22. The number of benzene rings is 1. The van der Waals surface area contributed by atoms with Gasteiger partial charge >= 0.3 is 0 Å². The molecule has 2 rings (SSSR count). The van der Waals surface area contributed by atoms with E-state index in [1.165, 1.54) is 17.4 Å². The number of hydrogen-bond donors (Lipinski definition) is 2. The van der Waals surface area contributed by atoms with Crippen LogP contribution in [0.25, 0.3) is 6.08 Å². The predicted octanol–water partition coefficient (Wildman–Crippen LogP) is 2.79. The molecule has 0 spiro atoms. The van der Waals surface area contributed by atoms with Crippen LogP contribution in [0.5, 0.6) is 5.75 Å². The summed E-state index contributed by atoms with van der Waals surface area (Å²) in [6.45, 7) is 1.83. The first-order valence-electron chi connectivity index (χ1n) is 6.87. The van der Waals surface area contributed by atoms with Gasteiger partial charge in [-0.15, -0.1) is 0 Å². The minimum absolute atomic E-state index is 0.152. The lowest BCUT2D eigenvalue weighted by atomic mass is 9.99. The highest BCUT2D eigenvalue weighted by Gasteiger charge is 2.23. The second-order valence-electron chi connectivity index (χ2n) is 5.08. The standard InChI is InChI=1S/C17H19NO3S/c1-17(20,14-9-10-22-11-14)12-18-16(19)8-7-13-5-3-4-6-15(13)21-2/h3-11,20H,12H2,1-2H3,(H,18,19)/b8-7+. The van der Waals surface area contributed by atoms with Crippen LogP contribution in [0.2, 0.25) is 0 Å². The van der Waals surface area contributed by atoms with Crippen molar-refractivity contribution in [1.82, 2.24) is 5.32 Å². The van der Waals surface area contributed by atoms with Crippen molar-refractivity contribution in [3.8, 4) is 5.75 Å². The third-order valence-electron chi connectivity index (χ3n) is 3.30. The van der Waals surface area contributed by atoms with Crippen LogP contribution >= 0.6 is 11.3 Å². The molecule has 0 saturated heterocycles. The summed E-state index contributed by atoms with van der Waals surface area (Å²) >= 11 is 1.51. The Bertz CT molecular complexity index is 648. The molecule has 0 aliphatic heterocycles. The maximum absolute atomic E-state index is 11.9. The molecule has 0 bridgehead atoms. The van der Waals surface area contributed by atoms with Crippen LogP contribution in [0.15, 0.2) is 47.2 Å². The van der Waals surface area contributed by atoms with Gasteiger partial charge in [0.25, 0.3) is 0 Å². The van der Waals surface area contributed by atoms with Gasteiger partial charge in [-0.3, -0.25) is 4.79 Å². The van der Waals surface area contributed by atoms with E-state index in [1.54, 1.807) is 20.1 Å². The summed E-state index contributed by atoms with van der Waals surface area (Å²) in [7, 11) is 1.59. The van der Waals surface area contributed by atoms with Crippen molar-refractivity contribution in [2.24, 2.45) is 0 Å². The van der Waals surface area contributed by atoms with Gasteiger partial charge in [-0.1, -0.05) is 18.2 Å². The number of hydrogen-bond acceptors (Lipinski definition) is 4. The number of nitrogens with one attached hydrogen (secondary N) is 1. The summed E-state index contributed by atoms with van der Waals surface area (Å²) in [6.07, 6.45) is 3.12. The summed E-state index contributed by atoms with van der Waals surface area (Å²) in [5.74, 6) is 0.443. The molecule has 2 aromatic rings. The number of carbonyl (C=O) groups excluding carboxylic acids is 1. The first-order valence-corrected chi connectivity index (χ1v) is 7.81. The van der Waals surface area contributed by atoms with Gasteiger partial charge in [0.2, 0.25) is 5.91 Å². The van der Waals surface area contributed by atoms with E-state index in [4.69, 9.17) is 4.74 Å². The van der Waals surface area contributed by atoms with E-state index in [0.717, 1.165) is 11.1 Å². The summed E-state index contributed by atoms with van der Waals surface area (Å²) < 4.78 is 5.22. The zero-order valence-corrected chi connectivity index (χ0v) is 13.4. The quantitative estimate of drug-likeness (QED) is 0.806. The van der Waals surface area contributed by atoms with Crippen LogP contribution in [-0.2, 0) is 10.4 Å². The first-order chi connectivity index (χ1) is 10.5. The van der Waals surface area contributed by atoms with Crippen LogP contribution in [-0.4, -0.2) is 24.7 Å². The molecule has 1 heterocycles. The van der Waals surface area contributed by atoms with Gasteiger partial charge in [0.15, 0.2) is 0 Å². The highest BCUT2D eigenvalue weighted by molar-refractivity contribution is 7.08. The zero-order valence-electron chi connectivity index (χ0n) is 12.6. The molecule has 0 fully saturated rings. The minimum atomic E-state index is -1.08. The van der Waals surface area contributed by atoms with Crippen molar-refractivity contribution in [2.45, 2.75) is 12.5 Å². The van der Waals surface area contributed by atoms with Gasteiger partial charge in [0, 0.05) is 11.6 Å². The number of methoxy groups -OCH3 is 1. The molecular weight excluding hydrogens is 298 g/mol. The van der Waals surface area contributed by atoms with Crippen molar-refractivity contribution in [3.05, 3.63) is 58.3 Å². The van der Waals surface area contributed by atoms with E-state index in [2.05, 4.69) is 5.32 Å². The van der Waals surface area contributed by atoms with E-state index in [1.807, 2.05) is 41.1 Å². The van der Waals surface area contributed by atoms with Crippen molar-refractivity contribution in [1.29, 1.82) is 0 Å². The largest absolute Gasteiger partial charge is 0.496 e. The van der Waals surface area contributed by atoms with E-state index >= 15 is 0 Å². The lowest BCUT2D eigenvalue weighted by Crippen LogP contribution is -2.37. The average molecular weight is 317 g/mol. The zero-order chi connectivity index (χ0) is 16.0. The molecule has 22 heavy (non-hydrogen) atoms. The SMILES string of the molecule is COc1ccccc1/C=C/C(=O)NCC(C)(O)c1ccsc1. The molecule has 1 unspecified atom stereocenters. The van der Waals surface area contributed by atoms with Crippen LogP contribution < -0.4 is 10.1 Å². The van der Waals surface area contributed by atoms with E-state index in [-0.39, 0.29) is 12.5 Å². The topological polar surface area (TPSA) is 58.6 Å². The molecule has 2 N–H and O–H groups in total. The summed E-state index contributed by atoms with van der Waals surface area (Å²) in [6, 6.07) is 9.29. The molecule has 1 atom stereocenters. The number of thiophene rings is 1. The molecule has 1 aromatic heterocycles.